The van der Waals surface area contributed by atoms with Crippen molar-refractivity contribution in [2.75, 3.05) is 0 Å². The Kier molecular flexibility index (Phi) is 7.54. The Bertz CT molecular complexity index is 1210. The number of hydrogen-bond donors (Lipinski definition) is 3. The van der Waals surface area contributed by atoms with Gasteiger partial charge in [-0.25, -0.2) is 8.42 Å². The quantitative estimate of drug-likeness (QED) is 0.351. The van der Waals surface area contributed by atoms with Crippen LogP contribution in [0.4, 0.5) is 0 Å². The average molecular weight is 509 g/mol. The summed E-state index contributed by atoms with van der Waals surface area (Å²) in [6, 6.07) is 11.4. The van der Waals surface area contributed by atoms with Gasteiger partial charge in [0.05, 0.1) is 15.3 Å². The summed E-state index contributed by atoms with van der Waals surface area (Å²) < 4.78 is 31.8. The molecule has 4 N–H and O–H groups in total. The number of primary amides is 1. The van der Waals surface area contributed by atoms with Gasteiger partial charge in [0.15, 0.2) is 0 Å². The molecule has 33 heavy (non-hydrogen) atoms. The minimum absolute atomic E-state index is 0.117. The predicted octanol–water partition coefficient (Wildman–Crippen LogP) is 2.69. The van der Waals surface area contributed by atoms with Gasteiger partial charge in [-0.3, -0.25) is 9.78 Å². The molecule has 1 amide bonds. The monoisotopic (exact) mass is 508 g/mol. The van der Waals surface area contributed by atoms with Crippen LogP contribution in [0.2, 0.25) is 0 Å². The number of carbonyl (C=O) groups excluding carboxylic acids is 1. The zero-order valence-electron chi connectivity index (χ0n) is 18.2. The van der Waals surface area contributed by atoms with Gasteiger partial charge in [-0.2, -0.15) is 4.72 Å². The first kappa shape index (κ1) is 25.2. The second-order valence-electron chi connectivity index (χ2n) is 7.66. The second-order valence-corrected chi connectivity index (χ2v) is 12.1. The minimum atomic E-state index is -4.28. The molecule has 0 saturated carbocycles. The van der Waals surface area contributed by atoms with Gasteiger partial charge in [-0.05, 0) is 57.2 Å². The van der Waals surface area contributed by atoms with E-state index in [4.69, 9.17) is 10.3 Å². The van der Waals surface area contributed by atoms with Crippen molar-refractivity contribution in [1.82, 2.24) is 14.9 Å². The number of aromatic nitrogens is 2. The highest BCUT2D eigenvalue weighted by molar-refractivity contribution is 8.00. The number of nitrogens with two attached hydrogens (primary N) is 1. The molecule has 176 valence electrons. The lowest BCUT2D eigenvalue weighted by molar-refractivity contribution is -0.140. The molecule has 9 nitrogen and oxygen atoms in total. The first-order chi connectivity index (χ1) is 15.4. The Morgan fingerprint density at radius 3 is 2.30 bits per heavy atom. The van der Waals surface area contributed by atoms with E-state index < -0.39 is 26.4 Å². The first-order valence-electron chi connectivity index (χ1n) is 9.73. The van der Waals surface area contributed by atoms with Crippen LogP contribution in [0.25, 0.3) is 0 Å². The smallest absolute Gasteiger partial charge is 0.267 e. The molecule has 0 fully saturated rings. The predicted molar refractivity (Wildman–Crippen MR) is 126 cm³/mol. The lowest BCUT2D eigenvalue weighted by Gasteiger charge is -2.39. The zero-order chi connectivity index (χ0) is 24.3. The maximum Gasteiger partial charge on any atom is 0.267 e. The number of rotatable bonds is 10. The Morgan fingerprint density at radius 1 is 1.15 bits per heavy atom. The van der Waals surface area contributed by atoms with Crippen molar-refractivity contribution in [2.24, 2.45) is 5.73 Å². The average Bonchev–Trinajstić information content (AvgIpc) is 3.18. The lowest BCUT2D eigenvalue weighted by Crippen LogP contribution is -2.67. The zero-order valence-corrected chi connectivity index (χ0v) is 20.6. The minimum Gasteiger partial charge on any atom is -0.366 e. The lowest BCUT2D eigenvalue weighted by atomic mass is 9.99. The highest BCUT2D eigenvalue weighted by Gasteiger charge is 2.52. The van der Waals surface area contributed by atoms with Gasteiger partial charge in [0.25, 0.3) is 5.91 Å². The number of aliphatic hydroxyl groups is 1. The van der Waals surface area contributed by atoms with Crippen molar-refractivity contribution in [3.8, 4) is 0 Å². The van der Waals surface area contributed by atoms with E-state index >= 15 is 0 Å². The molecule has 0 aliphatic rings. The fourth-order valence-electron chi connectivity index (χ4n) is 2.80. The number of sulfonamides is 1. The molecule has 0 spiro atoms. The van der Waals surface area contributed by atoms with Crippen LogP contribution in [0.15, 0.2) is 74.1 Å². The molecular formula is C21H24N4O5S3. The van der Waals surface area contributed by atoms with Crippen LogP contribution in [0, 0.1) is 6.92 Å². The van der Waals surface area contributed by atoms with Crippen LogP contribution in [0.5, 0.6) is 0 Å². The maximum absolute atomic E-state index is 13.0. The van der Waals surface area contributed by atoms with Crippen LogP contribution in [-0.4, -0.2) is 40.0 Å². The number of nitrogens with zero attached hydrogens (tertiary/aromatic N) is 2. The largest absolute Gasteiger partial charge is 0.366 e. The summed E-state index contributed by atoms with van der Waals surface area (Å²) in [6.07, 6.45) is 3.33. The number of thioether (sulfide) groups is 1. The van der Waals surface area contributed by atoms with E-state index in [2.05, 4.69) is 14.9 Å². The number of hydrogen-bond acceptors (Lipinski definition) is 9. The molecule has 3 rings (SSSR count). The summed E-state index contributed by atoms with van der Waals surface area (Å²) in [5.74, 6) is -0.340. The Hall–Kier alpha value is -2.38. The standard InChI is InChI=1S/C21H24N4O5S3/c1-14-12-15(24-30-14)13-31-20(2,3)21(27,19(22)26)25-33(28,29)18-6-4-16(5-7-18)32-17-8-10-23-11-9-17/h4-12,25,27H,13H2,1-3H3,(H2,22,26). The van der Waals surface area contributed by atoms with Crippen molar-refractivity contribution in [3.63, 3.8) is 0 Å². The fraction of sp³-hybridized carbons (Fsp3) is 0.286. The van der Waals surface area contributed by atoms with Crippen molar-refractivity contribution in [2.45, 2.75) is 51.7 Å². The van der Waals surface area contributed by atoms with E-state index in [1.165, 1.54) is 37.7 Å². The molecule has 0 radical (unpaired) electrons. The van der Waals surface area contributed by atoms with Crippen LogP contribution in [0.1, 0.15) is 25.3 Å². The molecule has 1 aromatic carbocycles. The number of pyridine rings is 1. The number of amides is 1. The van der Waals surface area contributed by atoms with E-state index in [-0.39, 0.29) is 10.6 Å². The first-order valence-corrected chi connectivity index (χ1v) is 13.0. The van der Waals surface area contributed by atoms with Gasteiger partial charge >= 0.3 is 0 Å². The summed E-state index contributed by atoms with van der Waals surface area (Å²) in [5.41, 5.74) is 3.47. The van der Waals surface area contributed by atoms with E-state index in [9.17, 15) is 18.3 Å². The SMILES string of the molecule is Cc1cc(CSC(C)(C)C(O)(NS(=O)(=O)c2ccc(Sc3ccncc3)cc2)C(N)=O)no1. The third-order valence-corrected chi connectivity index (χ3v) is 8.72. The summed E-state index contributed by atoms with van der Waals surface area (Å²) in [7, 11) is -4.28. The molecule has 2 heterocycles. The normalized spacial score (nSPS) is 14.1. The number of benzene rings is 1. The van der Waals surface area contributed by atoms with E-state index in [0.717, 1.165) is 21.6 Å². The maximum atomic E-state index is 13.0. The van der Waals surface area contributed by atoms with Gasteiger partial charge in [-0.15, -0.1) is 11.8 Å². The van der Waals surface area contributed by atoms with E-state index in [1.54, 1.807) is 37.5 Å². The van der Waals surface area contributed by atoms with Crippen LogP contribution in [-0.2, 0) is 20.6 Å². The molecule has 0 aliphatic carbocycles. The van der Waals surface area contributed by atoms with Crippen molar-refractivity contribution < 1.29 is 22.8 Å². The summed E-state index contributed by atoms with van der Waals surface area (Å²) in [5, 5.41) is 15.0. The van der Waals surface area contributed by atoms with Crippen molar-refractivity contribution in [3.05, 3.63) is 66.3 Å². The topological polar surface area (TPSA) is 148 Å². The van der Waals surface area contributed by atoms with Gasteiger partial charge in [0.2, 0.25) is 15.7 Å². The Morgan fingerprint density at radius 2 is 1.76 bits per heavy atom. The molecule has 0 bridgehead atoms. The molecule has 2 aromatic heterocycles. The van der Waals surface area contributed by atoms with Gasteiger partial charge in [-0.1, -0.05) is 16.9 Å². The van der Waals surface area contributed by atoms with Crippen LogP contribution in [0.3, 0.4) is 0 Å². The van der Waals surface area contributed by atoms with Crippen LogP contribution < -0.4 is 10.5 Å². The summed E-state index contributed by atoms with van der Waals surface area (Å²) in [6.45, 7) is 4.78. The second kappa shape index (κ2) is 9.85. The molecule has 1 unspecified atom stereocenters. The Labute approximate surface area is 200 Å². The highest BCUT2D eigenvalue weighted by atomic mass is 32.2. The van der Waals surface area contributed by atoms with Crippen molar-refractivity contribution >= 4 is 39.5 Å². The van der Waals surface area contributed by atoms with Gasteiger partial charge in [0, 0.05) is 34.0 Å². The van der Waals surface area contributed by atoms with E-state index in [1.807, 2.05) is 12.1 Å². The Balaban J connectivity index is 1.78. The number of carbonyl (C=O) groups is 1. The fourth-order valence-corrected chi connectivity index (χ4v) is 6.03. The van der Waals surface area contributed by atoms with Crippen molar-refractivity contribution in [1.29, 1.82) is 0 Å². The molecular weight excluding hydrogens is 484 g/mol. The molecule has 12 heteroatoms. The molecule has 1 atom stereocenters. The highest BCUT2D eigenvalue weighted by Crippen LogP contribution is 2.37. The van der Waals surface area contributed by atoms with Gasteiger partial charge in [0.1, 0.15) is 5.76 Å². The summed E-state index contributed by atoms with van der Waals surface area (Å²) in [4.78, 5) is 17.8. The molecule has 3 aromatic rings. The number of nitrogens with one attached hydrogen (secondary N) is 1. The molecule has 0 saturated heterocycles. The van der Waals surface area contributed by atoms with E-state index in [0.29, 0.717) is 11.5 Å². The van der Waals surface area contributed by atoms with Gasteiger partial charge < -0.3 is 15.4 Å². The number of aryl methyl sites for hydroxylation is 1. The third-order valence-electron chi connectivity index (χ3n) is 4.79. The molecule has 0 aliphatic heterocycles. The summed E-state index contributed by atoms with van der Waals surface area (Å²) >= 11 is 2.55. The third kappa shape index (κ3) is 5.95. The van der Waals surface area contributed by atoms with Crippen LogP contribution >= 0.6 is 23.5 Å².